The minimum Gasteiger partial charge on any atom is -0.352 e. The highest BCUT2D eigenvalue weighted by atomic mass is 16.2. The lowest BCUT2D eigenvalue weighted by Gasteiger charge is -2.33. The summed E-state index contributed by atoms with van der Waals surface area (Å²) in [5, 5.41) is 6.26. The van der Waals surface area contributed by atoms with Gasteiger partial charge in [-0.05, 0) is 37.9 Å². The summed E-state index contributed by atoms with van der Waals surface area (Å²) >= 11 is 0. The van der Waals surface area contributed by atoms with E-state index in [9.17, 15) is 4.79 Å². The summed E-state index contributed by atoms with van der Waals surface area (Å²) in [5.41, 5.74) is 0. The highest BCUT2D eigenvalue weighted by Crippen LogP contribution is 2.25. The van der Waals surface area contributed by atoms with Crippen molar-refractivity contribution in [3.05, 3.63) is 12.7 Å². The summed E-state index contributed by atoms with van der Waals surface area (Å²) in [4.78, 5) is 13.8. The molecule has 2 atom stereocenters. The van der Waals surface area contributed by atoms with Gasteiger partial charge in [0, 0.05) is 13.1 Å². The van der Waals surface area contributed by atoms with Crippen LogP contribution in [0.5, 0.6) is 0 Å². The molecule has 0 spiro atoms. The SMILES string of the molecule is C=CCNC(=O)CN1CCC2CNCC2C1. The minimum atomic E-state index is 0.115. The number of carbonyl (C=O) groups excluding carboxylic acids is 1. The predicted molar refractivity (Wildman–Crippen MR) is 64.1 cm³/mol. The van der Waals surface area contributed by atoms with Crippen LogP contribution in [0.1, 0.15) is 6.42 Å². The lowest BCUT2D eigenvalue weighted by Crippen LogP contribution is -2.45. The Kier molecular flexibility index (Phi) is 3.96. The van der Waals surface area contributed by atoms with E-state index in [0.717, 1.165) is 31.5 Å². The summed E-state index contributed by atoms with van der Waals surface area (Å²) < 4.78 is 0. The first-order valence-corrected chi connectivity index (χ1v) is 6.10. The second-order valence-electron chi connectivity index (χ2n) is 4.79. The van der Waals surface area contributed by atoms with Gasteiger partial charge < -0.3 is 10.6 Å². The smallest absolute Gasteiger partial charge is 0.234 e. The van der Waals surface area contributed by atoms with Gasteiger partial charge in [-0.25, -0.2) is 0 Å². The van der Waals surface area contributed by atoms with Crippen molar-refractivity contribution < 1.29 is 4.79 Å². The van der Waals surface area contributed by atoms with Crippen LogP contribution >= 0.6 is 0 Å². The minimum absolute atomic E-state index is 0.115. The zero-order chi connectivity index (χ0) is 11.4. The molecule has 0 aromatic heterocycles. The first kappa shape index (κ1) is 11.6. The van der Waals surface area contributed by atoms with E-state index < -0.39 is 0 Å². The summed E-state index contributed by atoms with van der Waals surface area (Å²) in [6.45, 7) is 9.11. The van der Waals surface area contributed by atoms with E-state index in [0.29, 0.717) is 13.1 Å². The molecule has 0 aliphatic carbocycles. The molecule has 0 bridgehead atoms. The number of hydrogen-bond acceptors (Lipinski definition) is 3. The van der Waals surface area contributed by atoms with Crippen molar-refractivity contribution in [3.8, 4) is 0 Å². The molecule has 16 heavy (non-hydrogen) atoms. The van der Waals surface area contributed by atoms with Gasteiger partial charge in [0.1, 0.15) is 0 Å². The molecule has 2 aliphatic heterocycles. The highest BCUT2D eigenvalue weighted by molar-refractivity contribution is 5.78. The maximum Gasteiger partial charge on any atom is 0.234 e. The van der Waals surface area contributed by atoms with Gasteiger partial charge in [-0.3, -0.25) is 9.69 Å². The maximum atomic E-state index is 11.5. The molecular weight excluding hydrogens is 202 g/mol. The van der Waals surface area contributed by atoms with Crippen molar-refractivity contribution in [2.75, 3.05) is 39.3 Å². The molecule has 2 rings (SSSR count). The number of amides is 1. The Bertz CT molecular complexity index is 267. The average molecular weight is 223 g/mol. The number of hydrogen-bond donors (Lipinski definition) is 2. The van der Waals surface area contributed by atoms with Crippen LogP contribution in [0.3, 0.4) is 0 Å². The van der Waals surface area contributed by atoms with Gasteiger partial charge in [-0.15, -0.1) is 6.58 Å². The Balaban J connectivity index is 1.74. The Labute approximate surface area is 97.1 Å². The van der Waals surface area contributed by atoms with E-state index in [2.05, 4.69) is 22.1 Å². The first-order valence-electron chi connectivity index (χ1n) is 6.10. The fourth-order valence-corrected chi connectivity index (χ4v) is 2.70. The molecule has 0 radical (unpaired) electrons. The van der Waals surface area contributed by atoms with Gasteiger partial charge in [-0.2, -0.15) is 0 Å². The lowest BCUT2D eigenvalue weighted by molar-refractivity contribution is -0.122. The van der Waals surface area contributed by atoms with Crippen LogP contribution in [0, 0.1) is 11.8 Å². The largest absolute Gasteiger partial charge is 0.352 e. The van der Waals surface area contributed by atoms with Crippen molar-refractivity contribution >= 4 is 5.91 Å². The normalized spacial score (nSPS) is 29.8. The number of rotatable bonds is 4. The van der Waals surface area contributed by atoms with E-state index in [1.165, 1.54) is 13.0 Å². The maximum absolute atomic E-state index is 11.5. The van der Waals surface area contributed by atoms with E-state index in [1.54, 1.807) is 6.08 Å². The molecule has 2 N–H and O–H groups in total. The molecular formula is C12H21N3O. The van der Waals surface area contributed by atoms with Crippen LogP contribution in [-0.4, -0.2) is 50.1 Å². The Morgan fingerprint density at radius 3 is 3.12 bits per heavy atom. The first-order chi connectivity index (χ1) is 7.79. The summed E-state index contributed by atoms with van der Waals surface area (Å²) in [7, 11) is 0. The van der Waals surface area contributed by atoms with Crippen LogP contribution < -0.4 is 10.6 Å². The molecule has 2 fully saturated rings. The molecule has 4 nitrogen and oxygen atoms in total. The lowest BCUT2D eigenvalue weighted by atomic mass is 9.89. The zero-order valence-corrected chi connectivity index (χ0v) is 9.74. The number of likely N-dealkylation sites (tertiary alicyclic amines) is 1. The van der Waals surface area contributed by atoms with E-state index in [-0.39, 0.29) is 5.91 Å². The van der Waals surface area contributed by atoms with Gasteiger partial charge in [0.2, 0.25) is 5.91 Å². The van der Waals surface area contributed by atoms with Crippen LogP contribution in [-0.2, 0) is 4.79 Å². The molecule has 0 saturated carbocycles. The molecule has 0 aromatic carbocycles. The van der Waals surface area contributed by atoms with Gasteiger partial charge in [0.05, 0.1) is 6.54 Å². The molecule has 2 aliphatic rings. The molecule has 4 heteroatoms. The van der Waals surface area contributed by atoms with Crippen molar-refractivity contribution in [1.29, 1.82) is 0 Å². The fourth-order valence-electron chi connectivity index (χ4n) is 2.70. The van der Waals surface area contributed by atoms with Crippen molar-refractivity contribution in [3.63, 3.8) is 0 Å². The summed E-state index contributed by atoms with van der Waals surface area (Å²) in [5.74, 6) is 1.71. The number of carbonyl (C=O) groups is 1. The Morgan fingerprint density at radius 1 is 1.50 bits per heavy atom. The van der Waals surface area contributed by atoms with Crippen LogP contribution in [0.25, 0.3) is 0 Å². The highest BCUT2D eigenvalue weighted by Gasteiger charge is 2.32. The second-order valence-corrected chi connectivity index (χ2v) is 4.79. The molecule has 1 amide bonds. The number of nitrogens with zero attached hydrogens (tertiary/aromatic N) is 1. The summed E-state index contributed by atoms with van der Waals surface area (Å²) in [6.07, 6.45) is 2.94. The van der Waals surface area contributed by atoms with Crippen LogP contribution in [0.2, 0.25) is 0 Å². The molecule has 90 valence electrons. The number of piperidine rings is 1. The van der Waals surface area contributed by atoms with E-state index in [4.69, 9.17) is 0 Å². The molecule has 2 heterocycles. The van der Waals surface area contributed by atoms with E-state index >= 15 is 0 Å². The third-order valence-electron chi connectivity index (χ3n) is 3.60. The summed E-state index contributed by atoms with van der Waals surface area (Å²) in [6, 6.07) is 0. The number of fused-ring (bicyclic) bond motifs is 1. The van der Waals surface area contributed by atoms with Crippen molar-refractivity contribution in [1.82, 2.24) is 15.5 Å². The van der Waals surface area contributed by atoms with E-state index in [1.807, 2.05) is 0 Å². The van der Waals surface area contributed by atoms with Crippen molar-refractivity contribution in [2.45, 2.75) is 6.42 Å². The topological polar surface area (TPSA) is 44.4 Å². The van der Waals surface area contributed by atoms with Gasteiger partial charge >= 0.3 is 0 Å². The third-order valence-corrected chi connectivity index (χ3v) is 3.60. The predicted octanol–water partition coefficient (Wildman–Crippen LogP) is -0.170. The second kappa shape index (κ2) is 5.46. The van der Waals surface area contributed by atoms with Crippen molar-refractivity contribution in [2.24, 2.45) is 11.8 Å². The fraction of sp³-hybridized carbons (Fsp3) is 0.750. The van der Waals surface area contributed by atoms with Crippen LogP contribution in [0.4, 0.5) is 0 Å². The monoisotopic (exact) mass is 223 g/mol. The van der Waals surface area contributed by atoms with Gasteiger partial charge in [0.15, 0.2) is 0 Å². The quantitative estimate of drug-likeness (QED) is 0.650. The molecule has 2 saturated heterocycles. The standard InChI is InChI=1S/C12H21N3O/c1-2-4-14-12(16)9-15-5-3-10-6-13-7-11(10)8-15/h2,10-11,13H,1,3-9H2,(H,14,16). The number of nitrogens with one attached hydrogen (secondary N) is 2. The third kappa shape index (κ3) is 2.83. The average Bonchev–Trinajstić information content (AvgIpc) is 2.73. The van der Waals surface area contributed by atoms with Gasteiger partial charge in [-0.1, -0.05) is 6.08 Å². The van der Waals surface area contributed by atoms with Crippen LogP contribution in [0.15, 0.2) is 12.7 Å². The molecule has 0 aromatic rings. The van der Waals surface area contributed by atoms with Gasteiger partial charge in [0.25, 0.3) is 0 Å². The Hall–Kier alpha value is -0.870. The molecule has 2 unspecified atom stereocenters. The zero-order valence-electron chi connectivity index (χ0n) is 9.74. The Morgan fingerprint density at radius 2 is 2.31 bits per heavy atom.